The van der Waals surface area contributed by atoms with Crippen LogP contribution in [-0.2, 0) is 23.9 Å². The highest BCUT2D eigenvalue weighted by Gasteiger charge is 2.30. The topological polar surface area (TPSA) is 77.5 Å². The Balaban J connectivity index is 1.29. The van der Waals surface area contributed by atoms with E-state index in [0.717, 1.165) is 34.6 Å². The molecule has 1 aromatic heterocycles. The summed E-state index contributed by atoms with van der Waals surface area (Å²) in [6.45, 7) is 2.29. The SMILES string of the molecule is COC(=O)c1ccccc1COc1ccc(CCNC(=O)c2sc(-c3ccc(C(F)(F)F)cc3)nc2C)cc1. The first-order valence-corrected chi connectivity index (χ1v) is 12.8. The smallest absolute Gasteiger partial charge is 0.416 e. The minimum absolute atomic E-state index is 0.212. The predicted octanol–water partition coefficient (Wildman–Crippen LogP) is 6.48. The van der Waals surface area contributed by atoms with Gasteiger partial charge in [-0.25, -0.2) is 9.78 Å². The normalized spacial score (nSPS) is 11.2. The Morgan fingerprint density at radius 3 is 2.33 bits per heavy atom. The highest BCUT2D eigenvalue weighted by Crippen LogP contribution is 2.33. The van der Waals surface area contributed by atoms with E-state index in [0.29, 0.717) is 45.4 Å². The third kappa shape index (κ3) is 7.02. The van der Waals surface area contributed by atoms with Gasteiger partial charge in [0.25, 0.3) is 5.91 Å². The van der Waals surface area contributed by atoms with Crippen molar-refractivity contribution in [1.82, 2.24) is 10.3 Å². The van der Waals surface area contributed by atoms with E-state index in [1.807, 2.05) is 30.3 Å². The Hall–Kier alpha value is -4.18. The number of hydrogen-bond donors (Lipinski definition) is 1. The Labute approximate surface area is 227 Å². The second-order valence-corrected chi connectivity index (χ2v) is 9.59. The highest BCUT2D eigenvalue weighted by atomic mass is 32.1. The van der Waals surface area contributed by atoms with Crippen LogP contribution < -0.4 is 10.1 Å². The second kappa shape index (κ2) is 12.1. The van der Waals surface area contributed by atoms with Gasteiger partial charge in [0, 0.05) is 17.7 Å². The third-order valence-electron chi connectivity index (χ3n) is 5.90. The summed E-state index contributed by atoms with van der Waals surface area (Å²) in [5, 5.41) is 3.36. The van der Waals surface area contributed by atoms with Gasteiger partial charge in [-0.05, 0) is 49.2 Å². The molecule has 10 heteroatoms. The van der Waals surface area contributed by atoms with Gasteiger partial charge in [-0.2, -0.15) is 13.2 Å². The van der Waals surface area contributed by atoms with Gasteiger partial charge in [0.05, 0.1) is 23.9 Å². The zero-order chi connectivity index (χ0) is 28.0. The summed E-state index contributed by atoms with van der Waals surface area (Å²) in [5.41, 5.74) is 2.46. The van der Waals surface area contributed by atoms with Crippen molar-refractivity contribution in [2.24, 2.45) is 0 Å². The van der Waals surface area contributed by atoms with Crippen molar-refractivity contribution in [3.63, 3.8) is 0 Å². The lowest BCUT2D eigenvalue weighted by molar-refractivity contribution is -0.137. The van der Waals surface area contributed by atoms with Crippen LogP contribution in [0.3, 0.4) is 0 Å². The molecule has 0 atom stereocenters. The number of ether oxygens (including phenoxy) is 2. The number of amides is 1. The summed E-state index contributed by atoms with van der Waals surface area (Å²) >= 11 is 1.14. The number of thiazole rings is 1. The van der Waals surface area contributed by atoms with E-state index >= 15 is 0 Å². The molecule has 0 aliphatic heterocycles. The maximum Gasteiger partial charge on any atom is 0.416 e. The van der Waals surface area contributed by atoms with Crippen LogP contribution in [0.25, 0.3) is 10.6 Å². The Morgan fingerprint density at radius 1 is 0.974 bits per heavy atom. The molecule has 4 aromatic rings. The molecule has 1 amide bonds. The molecule has 0 spiro atoms. The minimum atomic E-state index is -4.41. The lowest BCUT2D eigenvalue weighted by Gasteiger charge is -2.10. The average molecular weight is 555 g/mol. The van der Waals surface area contributed by atoms with Crippen molar-refractivity contribution in [3.05, 3.63) is 106 Å². The molecule has 0 bridgehead atoms. The van der Waals surface area contributed by atoms with Crippen molar-refractivity contribution in [2.45, 2.75) is 26.1 Å². The number of benzene rings is 3. The molecule has 1 heterocycles. The number of esters is 1. The van der Waals surface area contributed by atoms with Crippen molar-refractivity contribution in [2.75, 3.05) is 13.7 Å². The molecule has 0 unspecified atom stereocenters. The van der Waals surface area contributed by atoms with Crippen LogP contribution in [0.2, 0.25) is 0 Å². The fraction of sp³-hybridized carbons (Fsp3) is 0.207. The first kappa shape index (κ1) is 27.8. The number of rotatable bonds is 9. The molecule has 0 saturated heterocycles. The second-order valence-electron chi connectivity index (χ2n) is 8.60. The number of nitrogens with zero attached hydrogens (tertiary/aromatic N) is 1. The van der Waals surface area contributed by atoms with E-state index in [1.165, 1.54) is 19.2 Å². The monoisotopic (exact) mass is 554 g/mol. The lowest BCUT2D eigenvalue weighted by Crippen LogP contribution is -2.25. The van der Waals surface area contributed by atoms with Gasteiger partial charge in [0.15, 0.2) is 0 Å². The number of aromatic nitrogens is 1. The Kier molecular flexibility index (Phi) is 8.65. The fourth-order valence-corrected chi connectivity index (χ4v) is 4.79. The molecule has 4 rings (SSSR count). The Bertz CT molecular complexity index is 1450. The molecule has 39 heavy (non-hydrogen) atoms. The lowest BCUT2D eigenvalue weighted by atomic mass is 10.1. The summed E-state index contributed by atoms with van der Waals surface area (Å²) in [6.07, 6.45) is -3.82. The maximum absolute atomic E-state index is 12.8. The van der Waals surface area contributed by atoms with Crippen LogP contribution in [0.5, 0.6) is 5.75 Å². The highest BCUT2D eigenvalue weighted by molar-refractivity contribution is 7.17. The van der Waals surface area contributed by atoms with E-state index in [9.17, 15) is 22.8 Å². The van der Waals surface area contributed by atoms with Gasteiger partial charge in [-0.3, -0.25) is 4.79 Å². The molecule has 202 valence electrons. The molecule has 0 saturated carbocycles. The van der Waals surface area contributed by atoms with Crippen LogP contribution in [0, 0.1) is 6.92 Å². The molecule has 6 nitrogen and oxygen atoms in total. The number of carbonyl (C=O) groups excluding carboxylic acids is 2. The minimum Gasteiger partial charge on any atom is -0.489 e. The molecule has 3 aromatic carbocycles. The van der Waals surface area contributed by atoms with Crippen molar-refractivity contribution >= 4 is 23.2 Å². The van der Waals surface area contributed by atoms with E-state index in [-0.39, 0.29) is 12.5 Å². The number of methoxy groups -OCH3 is 1. The molecule has 0 fully saturated rings. The summed E-state index contributed by atoms with van der Waals surface area (Å²) in [5.74, 6) is -0.0677. The predicted molar refractivity (Wildman–Crippen MR) is 142 cm³/mol. The number of carbonyl (C=O) groups is 2. The van der Waals surface area contributed by atoms with Crippen LogP contribution in [0.1, 0.15) is 42.4 Å². The quantitative estimate of drug-likeness (QED) is 0.240. The Morgan fingerprint density at radius 2 is 1.67 bits per heavy atom. The van der Waals surface area contributed by atoms with Gasteiger partial charge in [-0.1, -0.05) is 42.5 Å². The first-order chi connectivity index (χ1) is 18.7. The van der Waals surface area contributed by atoms with Gasteiger partial charge < -0.3 is 14.8 Å². The number of hydrogen-bond acceptors (Lipinski definition) is 6. The van der Waals surface area contributed by atoms with Crippen molar-refractivity contribution in [1.29, 1.82) is 0 Å². The van der Waals surface area contributed by atoms with Crippen LogP contribution >= 0.6 is 11.3 Å². The number of nitrogens with one attached hydrogen (secondary N) is 1. The maximum atomic E-state index is 12.8. The number of alkyl halides is 3. The third-order valence-corrected chi connectivity index (χ3v) is 7.11. The largest absolute Gasteiger partial charge is 0.489 e. The van der Waals surface area contributed by atoms with Crippen molar-refractivity contribution < 1.29 is 32.2 Å². The fourth-order valence-electron chi connectivity index (χ4n) is 3.80. The van der Waals surface area contributed by atoms with Crippen LogP contribution in [-0.4, -0.2) is 30.5 Å². The van der Waals surface area contributed by atoms with Crippen LogP contribution in [0.4, 0.5) is 13.2 Å². The molecule has 0 radical (unpaired) electrons. The van der Waals surface area contributed by atoms with E-state index < -0.39 is 17.7 Å². The molecule has 0 aliphatic carbocycles. The van der Waals surface area contributed by atoms with Crippen LogP contribution in [0.15, 0.2) is 72.8 Å². The van der Waals surface area contributed by atoms with Gasteiger partial charge in [-0.15, -0.1) is 11.3 Å². The van der Waals surface area contributed by atoms with Gasteiger partial charge in [0.1, 0.15) is 22.2 Å². The zero-order valence-electron chi connectivity index (χ0n) is 21.2. The zero-order valence-corrected chi connectivity index (χ0v) is 22.0. The molecule has 0 aliphatic rings. The standard InChI is InChI=1S/C29H25F3N2O4S/c1-18-25(39-27(34-18)20-9-11-22(12-10-20)29(30,31)32)26(35)33-16-15-19-7-13-23(14-8-19)38-17-21-5-3-4-6-24(21)28(36)37-2/h3-14H,15-17H2,1-2H3,(H,33,35). The summed E-state index contributed by atoms with van der Waals surface area (Å²) < 4.78 is 49.1. The summed E-state index contributed by atoms with van der Waals surface area (Å²) in [6, 6.07) is 19.2. The summed E-state index contributed by atoms with van der Waals surface area (Å²) in [7, 11) is 1.33. The van der Waals surface area contributed by atoms with E-state index in [1.54, 1.807) is 25.1 Å². The van der Waals surface area contributed by atoms with Crippen molar-refractivity contribution in [3.8, 4) is 16.3 Å². The average Bonchev–Trinajstić information content (AvgIpc) is 3.33. The van der Waals surface area contributed by atoms with Gasteiger partial charge >= 0.3 is 12.1 Å². The summed E-state index contributed by atoms with van der Waals surface area (Å²) in [4.78, 5) is 29.4. The molecule has 1 N–H and O–H groups in total. The number of halogens is 3. The van der Waals surface area contributed by atoms with Gasteiger partial charge in [0.2, 0.25) is 0 Å². The number of aryl methyl sites for hydroxylation is 1. The van der Waals surface area contributed by atoms with E-state index in [2.05, 4.69) is 10.3 Å². The van der Waals surface area contributed by atoms with E-state index in [4.69, 9.17) is 9.47 Å². The molecular formula is C29H25F3N2O4S. The first-order valence-electron chi connectivity index (χ1n) is 12.0. The molecular weight excluding hydrogens is 529 g/mol.